The van der Waals surface area contributed by atoms with Gasteiger partial charge in [0, 0.05) is 35.0 Å². The van der Waals surface area contributed by atoms with Gasteiger partial charge in [0.1, 0.15) is 5.82 Å². The summed E-state index contributed by atoms with van der Waals surface area (Å²) in [5.74, 6) is 2.39. The number of rotatable bonds is 6. The Morgan fingerprint density at radius 1 is 0.809 bits per heavy atom. The van der Waals surface area contributed by atoms with Gasteiger partial charge in [-0.05, 0) is 76.7 Å². The van der Waals surface area contributed by atoms with Crippen LogP contribution in [-0.2, 0) is 26.5 Å². The van der Waals surface area contributed by atoms with E-state index in [-0.39, 0.29) is 26.5 Å². The first-order chi connectivity index (χ1) is 22.1. The van der Waals surface area contributed by atoms with Crippen LogP contribution in [-0.4, -0.2) is 19.3 Å². The van der Waals surface area contributed by atoms with Crippen LogP contribution in [0, 0.1) is 26.0 Å². The van der Waals surface area contributed by atoms with Crippen molar-refractivity contribution in [2.24, 2.45) is 0 Å². The minimum Gasteiger partial charge on any atom is -0.509 e. The zero-order valence-electron chi connectivity index (χ0n) is 27.8. The van der Waals surface area contributed by atoms with Crippen LogP contribution in [0.15, 0.2) is 97.5 Å². The van der Waals surface area contributed by atoms with E-state index in [2.05, 4.69) is 144 Å². The molecule has 0 N–H and O–H groups in total. The number of nitrogens with zero attached hydrogens (tertiary/aromatic N) is 4. The van der Waals surface area contributed by atoms with Crippen molar-refractivity contribution in [1.29, 1.82) is 0 Å². The van der Waals surface area contributed by atoms with Crippen molar-refractivity contribution in [3.8, 4) is 34.1 Å². The molecule has 238 valence electrons. The van der Waals surface area contributed by atoms with E-state index in [0.29, 0.717) is 17.4 Å². The zero-order chi connectivity index (χ0) is 32.2. The zero-order valence-corrected chi connectivity index (χ0v) is 30.1. The first-order valence-corrected chi connectivity index (χ1v) is 15.9. The van der Waals surface area contributed by atoms with E-state index in [1.807, 2.05) is 23.1 Å². The number of fused-ring (bicyclic) bond motifs is 3. The predicted molar refractivity (Wildman–Crippen MR) is 188 cm³/mol. The van der Waals surface area contributed by atoms with Crippen molar-refractivity contribution < 1.29 is 25.8 Å². The number of hydrogen-bond donors (Lipinski definition) is 0. The SMILES string of the molecule is Cc1cccc(C)c1-c1cnn(-c2[c-]c(Oc3[c-]c4c(cc3)c3ccccc3n4-c3cc(C(C)(C)C)ccn3)cc(C(C)C)c2)c1.[Pt+2]. The largest absolute Gasteiger partial charge is 2.00 e. The third-order valence-corrected chi connectivity index (χ3v) is 8.74. The number of hydrogen-bond acceptors (Lipinski definition) is 3. The Hall–Kier alpha value is -4.47. The molecule has 0 bridgehead atoms. The molecule has 0 radical (unpaired) electrons. The molecule has 4 aromatic carbocycles. The van der Waals surface area contributed by atoms with E-state index in [4.69, 9.17) is 14.8 Å². The summed E-state index contributed by atoms with van der Waals surface area (Å²) < 4.78 is 10.6. The summed E-state index contributed by atoms with van der Waals surface area (Å²) in [6.07, 6.45) is 5.89. The molecule has 5 nitrogen and oxygen atoms in total. The Kier molecular flexibility index (Phi) is 8.72. The molecule has 0 unspecified atom stereocenters. The molecule has 3 aromatic heterocycles. The van der Waals surface area contributed by atoms with E-state index in [1.54, 1.807) is 0 Å². The van der Waals surface area contributed by atoms with E-state index in [1.165, 1.54) is 22.3 Å². The van der Waals surface area contributed by atoms with Gasteiger partial charge in [-0.25, -0.2) is 4.98 Å². The summed E-state index contributed by atoms with van der Waals surface area (Å²) in [5.41, 5.74) is 9.95. The Morgan fingerprint density at radius 3 is 2.32 bits per heavy atom. The molecule has 6 heteroatoms. The van der Waals surface area contributed by atoms with Crippen LogP contribution < -0.4 is 4.74 Å². The molecule has 7 aromatic rings. The average molecular weight is 798 g/mol. The Balaban J connectivity index is 0.00000386. The third-order valence-electron chi connectivity index (χ3n) is 8.74. The molecular weight excluding hydrogens is 760 g/mol. The molecule has 47 heavy (non-hydrogen) atoms. The number of pyridine rings is 1. The quantitative estimate of drug-likeness (QED) is 0.158. The van der Waals surface area contributed by atoms with E-state index >= 15 is 0 Å². The minimum atomic E-state index is -0.00248. The van der Waals surface area contributed by atoms with Crippen LogP contribution in [0.3, 0.4) is 0 Å². The van der Waals surface area contributed by atoms with E-state index < -0.39 is 0 Å². The molecule has 0 atom stereocenters. The molecule has 0 aliphatic rings. The molecule has 0 aliphatic carbocycles. The molecular formula is C41H38N4OPt. The molecule has 0 fully saturated rings. The average Bonchev–Trinajstić information content (AvgIpc) is 3.63. The van der Waals surface area contributed by atoms with Crippen molar-refractivity contribution >= 4 is 21.8 Å². The smallest absolute Gasteiger partial charge is 0.509 e. The normalized spacial score (nSPS) is 11.7. The Labute approximate surface area is 291 Å². The number of benzene rings is 4. The summed E-state index contributed by atoms with van der Waals surface area (Å²) in [6, 6.07) is 34.5. The minimum absolute atomic E-state index is 0. The molecule has 0 aliphatic heterocycles. The van der Waals surface area contributed by atoms with Crippen molar-refractivity contribution in [3.05, 3.63) is 132 Å². The van der Waals surface area contributed by atoms with Gasteiger partial charge in [-0.3, -0.25) is 4.68 Å². The topological polar surface area (TPSA) is 44.9 Å². The Bertz CT molecular complexity index is 2210. The molecule has 3 heterocycles. The molecule has 0 spiro atoms. The standard InChI is InChI=1S/C41H38N4O.Pt/c1-26(2)29-19-32(44-25-30(24-43-44)40-27(3)11-10-12-28(40)4)22-34(20-29)46-33-15-16-36-35-13-8-9-14-37(35)45(38(36)23-33)39-21-31(17-18-42-39)41(5,6)7;/h8-21,24-26H,1-7H3;/q-2;+2. The van der Waals surface area contributed by atoms with E-state index in [9.17, 15) is 0 Å². The van der Waals surface area contributed by atoms with Crippen molar-refractivity contribution in [3.63, 3.8) is 0 Å². The van der Waals surface area contributed by atoms with Crippen LogP contribution in [0.2, 0.25) is 0 Å². The summed E-state index contributed by atoms with van der Waals surface area (Å²) in [4.78, 5) is 4.81. The van der Waals surface area contributed by atoms with Crippen molar-refractivity contribution in [2.45, 2.75) is 59.8 Å². The van der Waals surface area contributed by atoms with Crippen LogP contribution in [0.4, 0.5) is 0 Å². The number of aryl methyl sites for hydroxylation is 2. The predicted octanol–water partition coefficient (Wildman–Crippen LogP) is 10.5. The molecule has 0 amide bonds. The van der Waals surface area contributed by atoms with Gasteiger partial charge in [0.05, 0.1) is 6.20 Å². The maximum atomic E-state index is 6.55. The van der Waals surface area contributed by atoms with Crippen molar-refractivity contribution in [2.75, 3.05) is 0 Å². The van der Waals surface area contributed by atoms with Crippen LogP contribution in [0.1, 0.15) is 62.8 Å². The maximum Gasteiger partial charge on any atom is 2.00 e. The fourth-order valence-electron chi connectivity index (χ4n) is 6.21. The van der Waals surface area contributed by atoms with Gasteiger partial charge < -0.3 is 9.30 Å². The fraction of sp³-hybridized carbons (Fsp3) is 0.220. The van der Waals surface area contributed by atoms with Gasteiger partial charge in [-0.15, -0.1) is 41.3 Å². The third kappa shape index (κ3) is 6.17. The van der Waals surface area contributed by atoms with Gasteiger partial charge in [0.15, 0.2) is 0 Å². The van der Waals surface area contributed by atoms with Crippen LogP contribution >= 0.6 is 0 Å². The number of aromatic nitrogens is 4. The molecule has 7 rings (SSSR count). The second kappa shape index (κ2) is 12.6. The van der Waals surface area contributed by atoms with Crippen LogP contribution in [0.25, 0.3) is 44.4 Å². The summed E-state index contributed by atoms with van der Waals surface area (Å²) in [6.45, 7) is 15.3. The van der Waals surface area contributed by atoms with Gasteiger partial charge in [-0.2, -0.15) is 11.2 Å². The van der Waals surface area contributed by atoms with Gasteiger partial charge in [-0.1, -0.05) is 76.5 Å². The van der Waals surface area contributed by atoms with Gasteiger partial charge >= 0.3 is 21.1 Å². The Morgan fingerprint density at radius 2 is 1.57 bits per heavy atom. The van der Waals surface area contributed by atoms with E-state index in [0.717, 1.165) is 44.4 Å². The molecule has 0 saturated carbocycles. The second-order valence-electron chi connectivity index (χ2n) is 13.5. The summed E-state index contributed by atoms with van der Waals surface area (Å²) in [5, 5.41) is 6.99. The summed E-state index contributed by atoms with van der Waals surface area (Å²) in [7, 11) is 0. The molecule has 0 saturated heterocycles. The number of para-hydroxylation sites is 1. The first-order valence-electron chi connectivity index (χ1n) is 15.9. The fourth-order valence-corrected chi connectivity index (χ4v) is 6.21. The van der Waals surface area contributed by atoms with Crippen molar-refractivity contribution in [1.82, 2.24) is 19.3 Å². The number of ether oxygens (including phenoxy) is 1. The second-order valence-corrected chi connectivity index (χ2v) is 13.5. The van der Waals surface area contributed by atoms with Crippen LogP contribution in [0.5, 0.6) is 11.5 Å². The maximum absolute atomic E-state index is 6.55. The summed E-state index contributed by atoms with van der Waals surface area (Å²) >= 11 is 0. The van der Waals surface area contributed by atoms with Gasteiger partial charge in [0.25, 0.3) is 0 Å². The monoisotopic (exact) mass is 797 g/mol. The van der Waals surface area contributed by atoms with Gasteiger partial charge in [0.2, 0.25) is 0 Å². The first kappa shape index (κ1) is 32.5.